The maximum absolute atomic E-state index is 12.1. The van der Waals surface area contributed by atoms with E-state index in [0.717, 1.165) is 24.3 Å². The summed E-state index contributed by atoms with van der Waals surface area (Å²) in [7, 11) is -7.93. The van der Waals surface area contributed by atoms with Gasteiger partial charge in [0.05, 0.1) is 9.79 Å². The van der Waals surface area contributed by atoms with Crippen molar-refractivity contribution in [3.63, 3.8) is 0 Å². The maximum atomic E-state index is 12.1. The summed E-state index contributed by atoms with van der Waals surface area (Å²) in [6, 6.07) is 8.56. The zero-order valence-corrected chi connectivity index (χ0v) is 16.6. The van der Waals surface area contributed by atoms with Crippen LogP contribution in [0.2, 0.25) is 0 Å². The van der Waals surface area contributed by atoms with Crippen molar-refractivity contribution in [2.24, 2.45) is 5.14 Å². The Morgan fingerprint density at radius 2 is 1.47 bits per heavy atom. The van der Waals surface area contributed by atoms with Crippen LogP contribution in [0.5, 0.6) is 5.75 Å². The van der Waals surface area contributed by atoms with Crippen LogP contribution in [-0.4, -0.2) is 35.6 Å². The van der Waals surface area contributed by atoms with Crippen molar-refractivity contribution in [1.29, 1.82) is 0 Å². The van der Waals surface area contributed by atoms with Crippen LogP contribution in [0.1, 0.15) is 6.42 Å². The van der Waals surface area contributed by atoms with Gasteiger partial charge in [-0.2, -0.15) is 0 Å². The van der Waals surface area contributed by atoms with Gasteiger partial charge in [0, 0.05) is 18.7 Å². The van der Waals surface area contributed by atoms with Crippen molar-refractivity contribution in [3.05, 3.63) is 48.5 Å². The molecule has 0 fully saturated rings. The third kappa shape index (κ3) is 7.29. The van der Waals surface area contributed by atoms with Gasteiger partial charge in [0.1, 0.15) is 5.75 Å². The van der Waals surface area contributed by atoms with E-state index in [1.807, 2.05) is 0 Å². The van der Waals surface area contributed by atoms with Crippen molar-refractivity contribution in [2.45, 2.75) is 22.6 Å². The number of sulfonamides is 2. The minimum Gasteiger partial charge on any atom is -0.406 e. The van der Waals surface area contributed by atoms with Crippen LogP contribution in [0.15, 0.2) is 58.3 Å². The van der Waals surface area contributed by atoms with Gasteiger partial charge in [-0.1, -0.05) is 0 Å². The van der Waals surface area contributed by atoms with E-state index in [1.165, 1.54) is 24.3 Å². The molecular formula is C16H16F3N3O6S2. The first-order valence-corrected chi connectivity index (χ1v) is 11.1. The Bertz CT molecular complexity index is 1100. The molecule has 0 atom stereocenters. The van der Waals surface area contributed by atoms with Gasteiger partial charge in [-0.25, -0.2) is 26.7 Å². The standard InChI is InChI=1S/C16H16F3N3O6S2/c17-16(18,19)28-12-3-7-14(8-4-12)30(26,27)21-10-9-15(23)22-11-1-5-13(6-2-11)29(20,24)25/h1-8,21H,9-10H2,(H,22,23)(H2,20,24,25). The molecule has 0 radical (unpaired) electrons. The molecule has 0 spiro atoms. The molecule has 2 aromatic rings. The Labute approximate surface area is 170 Å². The van der Waals surface area contributed by atoms with Crippen molar-refractivity contribution >= 4 is 31.6 Å². The number of hydrogen-bond donors (Lipinski definition) is 3. The van der Waals surface area contributed by atoms with Crippen LogP contribution >= 0.6 is 0 Å². The number of anilines is 1. The number of alkyl halides is 3. The highest BCUT2D eigenvalue weighted by Crippen LogP contribution is 2.23. The van der Waals surface area contributed by atoms with Gasteiger partial charge in [0.15, 0.2) is 0 Å². The lowest BCUT2D eigenvalue weighted by molar-refractivity contribution is -0.274. The molecule has 9 nitrogen and oxygen atoms in total. The van der Waals surface area contributed by atoms with E-state index in [2.05, 4.69) is 14.8 Å². The summed E-state index contributed by atoms with van der Waals surface area (Å²) >= 11 is 0. The van der Waals surface area contributed by atoms with E-state index in [4.69, 9.17) is 5.14 Å². The molecule has 14 heteroatoms. The first-order chi connectivity index (χ1) is 13.8. The second kappa shape index (κ2) is 8.99. The summed E-state index contributed by atoms with van der Waals surface area (Å²) in [6.07, 6.45) is -5.16. The van der Waals surface area contributed by atoms with Crippen LogP contribution in [-0.2, 0) is 24.8 Å². The van der Waals surface area contributed by atoms with Crippen molar-refractivity contribution < 1.29 is 39.5 Å². The predicted octanol–water partition coefficient (Wildman–Crippen LogP) is 1.54. The smallest absolute Gasteiger partial charge is 0.406 e. The Kier molecular flexibility index (Phi) is 7.07. The SMILES string of the molecule is NS(=O)(=O)c1ccc(NC(=O)CCNS(=O)(=O)c2ccc(OC(F)(F)F)cc2)cc1. The second-order valence-corrected chi connectivity index (χ2v) is 9.11. The number of nitrogens with one attached hydrogen (secondary N) is 2. The van der Waals surface area contributed by atoms with Crippen LogP contribution in [0, 0.1) is 0 Å². The molecule has 0 saturated carbocycles. The van der Waals surface area contributed by atoms with Crippen LogP contribution < -0.4 is 19.9 Å². The lowest BCUT2D eigenvalue weighted by Crippen LogP contribution is -2.27. The molecule has 0 bridgehead atoms. The normalized spacial score (nSPS) is 12.4. The first-order valence-electron chi connectivity index (χ1n) is 8.04. The van der Waals surface area contributed by atoms with E-state index < -0.39 is 38.1 Å². The molecule has 0 unspecified atom stereocenters. The summed E-state index contributed by atoms with van der Waals surface area (Å²) in [5, 5.41) is 7.40. The van der Waals surface area contributed by atoms with Gasteiger partial charge in [0.25, 0.3) is 0 Å². The Balaban J connectivity index is 1.88. The number of halogens is 3. The number of nitrogens with two attached hydrogens (primary N) is 1. The van der Waals surface area contributed by atoms with E-state index >= 15 is 0 Å². The summed E-state index contributed by atoms with van der Waals surface area (Å²) in [4.78, 5) is 11.4. The Morgan fingerprint density at radius 3 is 1.97 bits per heavy atom. The Hall–Kier alpha value is -2.68. The van der Waals surface area contributed by atoms with E-state index in [0.29, 0.717) is 0 Å². The highest BCUT2D eigenvalue weighted by molar-refractivity contribution is 7.89. The molecule has 0 heterocycles. The number of amides is 1. The molecule has 0 saturated heterocycles. The van der Waals surface area contributed by atoms with Gasteiger partial charge < -0.3 is 10.1 Å². The highest BCUT2D eigenvalue weighted by atomic mass is 32.2. The van der Waals surface area contributed by atoms with Crippen LogP contribution in [0.3, 0.4) is 0 Å². The molecule has 0 aromatic heterocycles. The molecular weight excluding hydrogens is 451 g/mol. The van der Waals surface area contributed by atoms with Gasteiger partial charge in [-0.15, -0.1) is 13.2 Å². The number of benzene rings is 2. The van der Waals surface area contributed by atoms with Gasteiger partial charge in [-0.05, 0) is 48.5 Å². The molecule has 1 amide bonds. The van der Waals surface area contributed by atoms with Crippen LogP contribution in [0.25, 0.3) is 0 Å². The summed E-state index contributed by atoms with van der Waals surface area (Å²) in [5.74, 6) is -1.13. The zero-order valence-electron chi connectivity index (χ0n) is 15.0. The zero-order chi connectivity index (χ0) is 22.6. The molecule has 4 N–H and O–H groups in total. The monoisotopic (exact) mass is 467 g/mol. The van der Waals surface area contributed by atoms with Gasteiger partial charge >= 0.3 is 6.36 Å². The molecule has 0 aliphatic rings. The molecule has 0 aliphatic heterocycles. The van der Waals surface area contributed by atoms with E-state index in [1.54, 1.807) is 0 Å². The minimum absolute atomic E-state index is 0.139. The predicted molar refractivity (Wildman–Crippen MR) is 99.4 cm³/mol. The van der Waals surface area contributed by atoms with Crippen molar-refractivity contribution in [2.75, 3.05) is 11.9 Å². The first kappa shape index (κ1) is 23.6. The van der Waals surface area contributed by atoms with Crippen molar-refractivity contribution in [1.82, 2.24) is 4.72 Å². The van der Waals surface area contributed by atoms with Crippen molar-refractivity contribution in [3.8, 4) is 5.75 Å². The number of primary sulfonamides is 1. The minimum atomic E-state index is -4.90. The highest BCUT2D eigenvalue weighted by Gasteiger charge is 2.31. The van der Waals surface area contributed by atoms with E-state index in [9.17, 15) is 34.8 Å². The fourth-order valence-corrected chi connectivity index (χ4v) is 3.70. The van der Waals surface area contributed by atoms with Gasteiger partial charge in [-0.3, -0.25) is 4.79 Å². The average Bonchev–Trinajstić information content (AvgIpc) is 2.60. The lowest BCUT2D eigenvalue weighted by atomic mass is 10.3. The number of hydrogen-bond acceptors (Lipinski definition) is 6. The molecule has 2 aromatic carbocycles. The summed E-state index contributed by atoms with van der Waals surface area (Å²) < 4.78 is 88.8. The third-order valence-electron chi connectivity index (χ3n) is 3.48. The molecule has 30 heavy (non-hydrogen) atoms. The Morgan fingerprint density at radius 1 is 0.933 bits per heavy atom. The summed E-state index contributed by atoms with van der Waals surface area (Å²) in [5.41, 5.74) is 0.274. The number of carbonyl (C=O) groups excluding carboxylic acids is 1. The average molecular weight is 467 g/mol. The van der Waals surface area contributed by atoms with E-state index in [-0.39, 0.29) is 28.4 Å². The quantitative estimate of drug-likeness (QED) is 0.537. The number of ether oxygens (including phenoxy) is 1. The number of carbonyl (C=O) groups is 1. The van der Waals surface area contributed by atoms with Crippen LogP contribution in [0.4, 0.5) is 18.9 Å². The second-order valence-electron chi connectivity index (χ2n) is 5.78. The lowest BCUT2D eigenvalue weighted by Gasteiger charge is -2.10. The number of rotatable bonds is 8. The summed E-state index contributed by atoms with van der Waals surface area (Å²) in [6.45, 7) is -0.287. The maximum Gasteiger partial charge on any atom is 0.573 e. The fraction of sp³-hybridized carbons (Fsp3) is 0.188. The largest absolute Gasteiger partial charge is 0.573 e. The fourth-order valence-electron chi connectivity index (χ4n) is 2.15. The third-order valence-corrected chi connectivity index (χ3v) is 5.88. The molecule has 0 aliphatic carbocycles. The molecule has 2 rings (SSSR count). The molecule has 164 valence electrons. The topological polar surface area (TPSA) is 145 Å². The van der Waals surface area contributed by atoms with Gasteiger partial charge in [0.2, 0.25) is 26.0 Å².